The van der Waals surface area contributed by atoms with Crippen LogP contribution in [0.25, 0.3) is 0 Å². The van der Waals surface area contributed by atoms with Crippen molar-refractivity contribution in [1.29, 1.82) is 0 Å². The van der Waals surface area contributed by atoms with Crippen molar-refractivity contribution in [2.45, 2.75) is 65.0 Å². The second-order valence-corrected chi connectivity index (χ2v) is 7.21. The third-order valence-corrected chi connectivity index (χ3v) is 5.60. The SMILES string of the molecule is CCC(CSC)N(C)CC(CC)(CC)CNC1CC1. The lowest BCUT2D eigenvalue weighted by molar-refractivity contribution is 0.127. The van der Waals surface area contributed by atoms with E-state index in [0.717, 1.165) is 12.1 Å². The highest BCUT2D eigenvalue weighted by molar-refractivity contribution is 7.98. The molecule has 1 rings (SSSR count). The number of hydrogen-bond acceptors (Lipinski definition) is 3. The molecule has 114 valence electrons. The predicted molar refractivity (Wildman–Crippen MR) is 89.1 cm³/mol. The number of nitrogens with one attached hydrogen (secondary N) is 1. The molecule has 1 atom stereocenters. The molecule has 1 aliphatic rings. The Morgan fingerprint density at radius 1 is 1.26 bits per heavy atom. The molecule has 1 saturated carbocycles. The van der Waals surface area contributed by atoms with E-state index in [2.05, 4.69) is 44.3 Å². The molecule has 3 heteroatoms. The van der Waals surface area contributed by atoms with E-state index in [0.29, 0.717) is 5.41 Å². The quantitative estimate of drug-likeness (QED) is 0.624. The van der Waals surface area contributed by atoms with Crippen molar-refractivity contribution < 1.29 is 0 Å². The number of nitrogens with zero attached hydrogens (tertiary/aromatic N) is 1. The first kappa shape index (κ1) is 17.3. The second-order valence-electron chi connectivity index (χ2n) is 6.29. The number of rotatable bonds is 11. The van der Waals surface area contributed by atoms with Crippen LogP contribution in [0, 0.1) is 5.41 Å². The van der Waals surface area contributed by atoms with E-state index in [1.165, 1.54) is 50.9 Å². The summed E-state index contributed by atoms with van der Waals surface area (Å²) in [5, 5.41) is 3.76. The van der Waals surface area contributed by atoms with Gasteiger partial charge in [-0.25, -0.2) is 0 Å². The van der Waals surface area contributed by atoms with E-state index >= 15 is 0 Å². The monoisotopic (exact) mass is 286 g/mol. The van der Waals surface area contributed by atoms with Crippen LogP contribution < -0.4 is 5.32 Å². The summed E-state index contributed by atoms with van der Waals surface area (Å²) in [6, 6.07) is 1.56. The summed E-state index contributed by atoms with van der Waals surface area (Å²) in [5.41, 5.74) is 0.461. The first-order valence-corrected chi connectivity index (χ1v) is 9.42. The highest BCUT2D eigenvalue weighted by atomic mass is 32.2. The fourth-order valence-corrected chi connectivity index (χ4v) is 3.71. The zero-order chi connectivity index (χ0) is 14.3. The minimum atomic E-state index is 0.461. The first-order valence-electron chi connectivity index (χ1n) is 8.03. The summed E-state index contributed by atoms with van der Waals surface area (Å²) in [6.07, 6.45) is 8.83. The molecule has 0 aromatic heterocycles. The van der Waals surface area contributed by atoms with Gasteiger partial charge in [0.1, 0.15) is 0 Å². The Labute approximate surface area is 125 Å². The summed E-state index contributed by atoms with van der Waals surface area (Å²) in [5.74, 6) is 1.26. The van der Waals surface area contributed by atoms with E-state index in [4.69, 9.17) is 0 Å². The molecule has 0 aromatic rings. The number of thioether (sulfide) groups is 1. The van der Waals surface area contributed by atoms with Gasteiger partial charge in [-0.05, 0) is 50.8 Å². The molecule has 0 amide bonds. The zero-order valence-corrected chi connectivity index (χ0v) is 14.5. The summed E-state index contributed by atoms with van der Waals surface area (Å²) in [6.45, 7) is 9.48. The maximum Gasteiger partial charge on any atom is 0.0180 e. The van der Waals surface area contributed by atoms with Crippen LogP contribution in [0.4, 0.5) is 0 Å². The second kappa shape index (κ2) is 8.53. The van der Waals surface area contributed by atoms with E-state index in [1.54, 1.807) is 0 Å². The van der Waals surface area contributed by atoms with Gasteiger partial charge in [-0.1, -0.05) is 20.8 Å². The van der Waals surface area contributed by atoms with Gasteiger partial charge >= 0.3 is 0 Å². The van der Waals surface area contributed by atoms with Crippen LogP contribution in [-0.4, -0.2) is 49.1 Å². The molecular formula is C16H34N2S. The molecule has 2 nitrogen and oxygen atoms in total. The average Bonchev–Trinajstić information content (AvgIpc) is 3.24. The van der Waals surface area contributed by atoms with E-state index in [-0.39, 0.29) is 0 Å². The Balaban J connectivity index is 2.53. The molecule has 0 spiro atoms. The third-order valence-electron chi connectivity index (χ3n) is 4.88. The highest BCUT2D eigenvalue weighted by Gasteiger charge is 2.32. The van der Waals surface area contributed by atoms with Crippen LogP contribution in [-0.2, 0) is 0 Å². The Morgan fingerprint density at radius 2 is 1.89 bits per heavy atom. The maximum atomic E-state index is 3.76. The third kappa shape index (κ3) is 5.65. The van der Waals surface area contributed by atoms with Gasteiger partial charge in [-0.15, -0.1) is 0 Å². The van der Waals surface area contributed by atoms with Gasteiger partial charge in [0, 0.05) is 30.9 Å². The van der Waals surface area contributed by atoms with Crippen LogP contribution in [0.15, 0.2) is 0 Å². The van der Waals surface area contributed by atoms with Crippen LogP contribution >= 0.6 is 11.8 Å². The van der Waals surface area contributed by atoms with E-state index in [1.807, 2.05) is 11.8 Å². The Hall–Kier alpha value is 0.270. The molecule has 0 radical (unpaired) electrons. The molecule has 1 aliphatic carbocycles. The van der Waals surface area contributed by atoms with Crippen LogP contribution in [0.1, 0.15) is 52.9 Å². The Kier molecular flexibility index (Phi) is 7.78. The predicted octanol–water partition coefficient (Wildman–Crippen LogP) is 3.62. The Bertz CT molecular complexity index is 237. The van der Waals surface area contributed by atoms with Crippen molar-refractivity contribution in [1.82, 2.24) is 10.2 Å². The van der Waals surface area contributed by atoms with Gasteiger partial charge in [0.2, 0.25) is 0 Å². The maximum absolute atomic E-state index is 3.76. The molecule has 1 unspecified atom stereocenters. The van der Waals surface area contributed by atoms with Gasteiger partial charge in [0.15, 0.2) is 0 Å². The lowest BCUT2D eigenvalue weighted by Crippen LogP contribution is -2.46. The highest BCUT2D eigenvalue weighted by Crippen LogP contribution is 2.30. The van der Waals surface area contributed by atoms with Crippen molar-refractivity contribution in [3.05, 3.63) is 0 Å². The van der Waals surface area contributed by atoms with Crippen LogP contribution in [0.5, 0.6) is 0 Å². The lowest BCUT2D eigenvalue weighted by Gasteiger charge is -2.39. The smallest absolute Gasteiger partial charge is 0.0180 e. The van der Waals surface area contributed by atoms with Gasteiger partial charge in [-0.2, -0.15) is 11.8 Å². The molecule has 1 N–H and O–H groups in total. The molecule has 1 fully saturated rings. The van der Waals surface area contributed by atoms with E-state index < -0.39 is 0 Å². The first-order chi connectivity index (χ1) is 9.10. The average molecular weight is 287 g/mol. The fourth-order valence-electron chi connectivity index (χ4n) is 2.84. The van der Waals surface area contributed by atoms with Crippen LogP contribution in [0.2, 0.25) is 0 Å². The summed E-state index contributed by atoms with van der Waals surface area (Å²) in [4.78, 5) is 2.61. The standard InChI is InChI=1S/C16H34N2S/c1-6-15(11-19-5)18(4)13-16(7-2,8-3)12-17-14-9-10-14/h14-15,17H,6-13H2,1-5H3. The molecule has 0 aromatic carbocycles. The van der Waals surface area contributed by atoms with E-state index in [9.17, 15) is 0 Å². The number of hydrogen-bond donors (Lipinski definition) is 1. The summed E-state index contributed by atoms with van der Waals surface area (Å²) in [7, 11) is 2.32. The van der Waals surface area contributed by atoms with Crippen molar-refractivity contribution in [2.24, 2.45) is 5.41 Å². The zero-order valence-electron chi connectivity index (χ0n) is 13.7. The molecule has 0 bridgehead atoms. The largest absolute Gasteiger partial charge is 0.313 e. The topological polar surface area (TPSA) is 15.3 Å². The lowest BCUT2D eigenvalue weighted by atomic mass is 9.81. The molecule has 0 heterocycles. The van der Waals surface area contributed by atoms with Gasteiger partial charge < -0.3 is 10.2 Å². The van der Waals surface area contributed by atoms with Gasteiger partial charge in [0.05, 0.1) is 0 Å². The van der Waals surface area contributed by atoms with Gasteiger partial charge in [-0.3, -0.25) is 0 Å². The minimum absolute atomic E-state index is 0.461. The van der Waals surface area contributed by atoms with Crippen molar-refractivity contribution >= 4 is 11.8 Å². The fraction of sp³-hybridized carbons (Fsp3) is 1.00. The molecular weight excluding hydrogens is 252 g/mol. The van der Waals surface area contributed by atoms with Crippen molar-refractivity contribution in [2.75, 3.05) is 32.1 Å². The van der Waals surface area contributed by atoms with Crippen molar-refractivity contribution in [3.63, 3.8) is 0 Å². The molecule has 19 heavy (non-hydrogen) atoms. The molecule has 0 aliphatic heterocycles. The van der Waals surface area contributed by atoms with Gasteiger partial charge in [0.25, 0.3) is 0 Å². The Morgan fingerprint density at radius 3 is 2.32 bits per heavy atom. The summed E-state index contributed by atoms with van der Waals surface area (Å²) >= 11 is 1.97. The van der Waals surface area contributed by atoms with Crippen molar-refractivity contribution in [3.8, 4) is 0 Å². The molecule has 0 saturated heterocycles. The minimum Gasteiger partial charge on any atom is -0.313 e. The normalized spacial score (nSPS) is 18.0. The van der Waals surface area contributed by atoms with Crippen LogP contribution in [0.3, 0.4) is 0 Å². The summed E-state index contributed by atoms with van der Waals surface area (Å²) < 4.78 is 0.